The second-order valence-corrected chi connectivity index (χ2v) is 8.08. The van der Waals surface area contributed by atoms with E-state index in [2.05, 4.69) is 35.1 Å². The van der Waals surface area contributed by atoms with Gasteiger partial charge in [-0.2, -0.15) is 0 Å². The van der Waals surface area contributed by atoms with E-state index < -0.39 is 10.8 Å². The molecule has 1 aliphatic heterocycles. The molecular formula is C14H16BrNO2S. The van der Waals surface area contributed by atoms with E-state index in [1.54, 1.807) is 0 Å². The van der Waals surface area contributed by atoms with Crippen molar-refractivity contribution in [1.82, 2.24) is 5.32 Å². The molecule has 0 saturated carbocycles. The highest BCUT2D eigenvalue weighted by molar-refractivity contribution is 9.10. The average Bonchev–Trinajstić information content (AvgIpc) is 2.69. The van der Waals surface area contributed by atoms with Crippen molar-refractivity contribution < 1.29 is 8.63 Å². The molecule has 102 valence electrons. The van der Waals surface area contributed by atoms with Gasteiger partial charge in [-0.05, 0) is 38.1 Å². The SMILES string of the molecule is CC1(C)CS(=O)CC(c2cc3cc(Br)ccc3o2)N1. The first-order valence-electron chi connectivity index (χ1n) is 6.25. The number of hydrogen-bond acceptors (Lipinski definition) is 3. The van der Waals surface area contributed by atoms with Crippen LogP contribution in [-0.4, -0.2) is 21.3 Å². The highest BCUT2D eigenvalue weighted by atomic mass is 79.9. The van der Waals surface area contributed by atoms with Gasteiger partial charge in [0.15, 0.2) is 0 Å². The van der Waals surface area contributed by atoms with Crippen molar-refractivity contribution in [2.45, 2.75) is 25.4 Å². The van der Waals surface area contributed by atoms with Crippen LogP contribution in [0.1, 0.15) is 25.6 Å². The van der Waals surface area contributed by atoms with E-state index in [-0.39, 0.29) is 11.6 Å². The van der Waals surface area contributed by atoms with E-state index in [9.17, 15) is 4.21 Å². The second-order valence-electron chi connectivity index (χ2n) is 5.66. The largest absolute Gasteiger partial charge is 0.459 e. The molecule has 19 heavy (non-hydrogen) atoms. The van der Waals surface area contributed by atoms with Gasteiger partial charge in [0.2, 0.25) is 0 Å². The van der Waals surface area contributed by atoms with Crippen LogP contribution in [0.3, 0.4) is 0 Å². The lowest BCUT2D eigenvalue weighted by molar-refractivity contribution is 0.336. The minimum absolute atomic E-state index is 0.0239. The monoisotopic (exact) mass is 341 g/mol. The summed E-state index contributed by atoms with van der Waals surface area (Å²) in [5.74, 6) is 2.17. The van der Waals surface area contributed by atoms with Crippen LogP contribution in [0.4, 0.5) is 0 Å². The molecule has 0 aliphatic carbocycles. The van der Waals surface area contributed by atoms with Crippen molar-refractivity contribution in [2.75, 3.05) is 11.5 Å². The molecule has 5 heteroatoms. The maximum absolute atomic E-state index is 12.0. The molecule has 1 aromatic carbocycles. The summed E-state index contributed by atoms with van der Waals surface area (Å²) in [7, 11) is -0.798. The highest BCUT2D eigenvalue weighted by Gasteiger charge is 2.33. The van der Waals surface area contributed by atoms with Gasteiger partial charge < -0.3 is 9.73 Å². The van der Waals surface area contributed by atoms with E-state index in [1.165, 1.54) is 0 Å². The summed E-state index contributed by atoms with van der Waals surface area (Å²) in [4.78, 5) is 0. The molecule has 2 heterocycles. The minimum atomic E-state index is -0.798. The van der Waals surface area contributed by atoms with E-state index >= 15 is 0 Å². The van der Waals surface area contributed by atoms with Crippen molar-refractivity contribution in [3.8, 4) is 0 Å². The molecule has 3 rings (SSSR count). The molecule has 1 N–H and O–H groups in total. The first kappa shape index (κ1) is 13.3. The van der Waals surface area contributed by atoms with Gasteiger partial charge in [0.1, 0.15) is 11.3 Å². The quantitative estimate of drug-likeness (QED) is 0.864. The third kappa shape index (κ3) is 2.78. The molecular weight excluding hydrogens is 326 g/mol. The predicted molar refractivity (Wildman–Crippen MR) is 81.7 cm³/mol. The summed E-state index contributed by atoms with van der Waals surface area (Å²) >= 11 is 3.46. The molecule has 1 saturated heterocycles. The molecule has 0 bridgehead atoms. The van der Waals surface area contributed by atoms with E-state index in [4.69, 9.17) is 4.42 Å². The van der Waals surface area contributed by atoms with Crippen LogP contribution in [0.5, 0.6) is 0 Å². The lowest BCUT2D eigenvalue weighted by Gasteiger charge is -2.35. The summed E-state index contributed by atoms with van der Waals surface area (Å²) in [6, 6.07) is 8.01. The van der Waals surface area contributed by atoms with Crippen LogP contribution >= 0.6 is 15.9 Å². The van der Waals surface area contributed by atoms with Gasteiger partial charge in [0, 0.05) is 37.7 Å². The molecule has 0 amide bonds. The third-order valence-electron chi connectivity index (χ3n) is 3.28. The smallest absolute Gasteiger partial charge is 0.134 e. The van der Waals surface area contributed by atoms with Gasteiger partial charge in [-0.25, -0.2) is 0 Å². The lowest BCUT2D eigenvalue weighted by Crippen LogP contribution is -2.52. The molecule has 0 spiro atoms. The van der Waals surface area contributed by atoms with E-state index in [0.29, 0.717) is 11.5 Å². The zero-order chi connectivity index (χ0) is 13.6. The van der Waals surface area contributed by atoms with Crippen LogP contribution in [0.15, 0.2) is 33.2 Å². The van der Waals surface area contributed by atoms with Crippen LogP contribution in [0.2, 0.25) is 0 Å². The fraction of sp³-hybridized carbons (Fsp3) is 0.429. The van der Waals surface area contributed by atoms with E-state index in [0.717, 1.165) is 21.2 Å². The molecule has 2 atom stereocenters. The van der Waals surface area contributed by atoms with Gasteiger partial charge >= 0.3 is 0 Å². The zero-order valence-corrected chi connectivity index (χ0v) is 13.3. The van der Waals surface area contributed by atoms with Crippen molar-refractivity contribution in [3.05, 3.63) is 34.5 Å². The van der Waals surface area contributed by atoms with Crippen molar-refractivity contribution in [1.29, 1.82) is 0 Å². The Hall–Kier alpha value is -0.650. The summed E-state index contributed by atoms with van der Waals surface area (Å²) in [6.45, 7) is 4.16. The number of halogens is 1. The van der Waals surface area contributed by atoms with E-state index in [1.807, 2.05) is 24.3 Å². The van der Waals surface area contributed by atoms with Gasteiger partial charge in [0.05, 0.1) is 6.04 Å². The predicted octanol–water partition coefficient (Wildman–Crippen LogP) is 3.37. The number of fused-ring (bicyclic) bond motifs is 1. The van der Waals surface area contributed by atoms with Crippen LogP contribution < -0.4 is 5.32 Å². The van der Waals surface area contributed by atoms with Gasteiger partial charge in [-0.3, -0.25) is 4.21 Å². The summed E-state index contributed by atoms with van der Waals surface area (Å²) in [6.07, 6.45) is 0. The maximum Gasteiger partial charge on any atom is 0.134 e. The first-order chi connectivity index (χ1) is 8.93. The maximum atomic E-state index is 12.0. The summed E-state index contributed by atoms with van der Waals surface area (Å²) in [5, 5.41) is 4.59. The highest BCUT2D eigenvalue weighted by Crippen LogP contribution is 2.30. The molecule has 0 radical (unpaired) electrons. The Morgan fingerprint density at radius 3 is 2.95 bits per heavy atom. The fourth-order valence-electron chi connectivity index (χ4n) is 2.56. The van der Waals surface area contributed by atoms with Crippen LogP contribution in [-0.2, 0) is 10.8 Å². The third-order valence-corrected chi connectivity index (χ3v) is 5.52. The number of furan rings is 1. The standard InChI is InChI=1S/C14H16BrNO2S/c1-14(2)8-19(17)7-11(16-14)13-6-9-5-10(15)3-4-12(9)18-13/h3-6,11,16H,7-8H2,1-2H3. The van der Waals surface area contributed by atoms with Crippen molar-refractivity contribution in [2.24, 2.45) is 0 Å². The number of rotatable bonds is 1. The molecule has 3 nitrogen and oxygen atoms in total. The van der Waals surface area contributed by atoms with Gasteiger partial charge in [-0.1, -0.05) is 15.9 Å². The summed E-state index contributed by atoms with van der Waals surface area (Å²) < 4.78 is 18.9. The van der Waals surface area contributed by atoms with Crippen molar-refractivity contribution in [3.63, 3.8) is 0 Å². The lowest BCUT2D eigenvalue weighted by atomic mass is 10.1. The van der Waals surface area contributed by atoms with Crippen LogP contribution in [0.25, 0.3) is 11.0 Å². The molecule has 1 aromatic heterocycles. The second kappa shape index (κ2) is 4.72. The molecule has 1 aliphatic rings. The Balaban J connectivity index is 1.97. The Kier molecular flexibility index (Phi) is 3.31. The Labute approximate surface area is 123 Å². The summed E-state index contributed by atoms with van der Waals surface area (Å²) in [5.41, 5.74) is 0.752. The molecule has 2 unspecified atom stereocenters. The number of benzene rings is 1. The number of hydrogen-bond donors (Lipinski definition) is 1. The molecule has 1 fully saturated rings. The minimum Gasteiger partial charge on any atom is -0.459 e. The van der Waals surface area contributed by atoms with Gasteiger partial charge in [0.25, 0.3) is 0 Å². The Bertz CT molecular complexity index is 650. The molecule has 2 aromatic rings. The zero-order valence-electron chi connectivity index (χ0n) is 10.9. The fourth-order valence-corrected chi connectivity index (χ4v) is 4.57. The first-order valence-corrected chi connectivity index (χ1v) is 8.53. The average molecular weight is 342 g/mol. The Morgan fingerprint density at radius 2 is 2.21 bits per heavy atom. The number of nitrogens with one attached hydrogen (secondary N) is 1. The normalized spacial score (nSPS) is 26.7. The van der Waals surface area contributed by atoms with Gasteiger partial charge in [-0.15, -0.1) is 0 Å². The topological polar surface area (TPSA) is 42.2 Å². The van der Waals surface area contributed by atoms with Crippen LogP contribution in [0, 0.1) is 0 Å². The van der Waals surface area contributed by atoms with Crippen molar-refractivity contribution >= 4 is 37.7 Å². The Morgan fingerprint density at radius 1 is 1.42 bits per heavy atom.